The number of nitrogens with one attached hydrogen (secondary N) is 1. The highest BCUT2D eigenvalue weighted by molar-refractivity contribution is 5.79. The second kappa shape index (κ2) is 9.96. The van der Waals surface area contributed by atoms with E-state index in [4.69, 9.17) is 9.26 Å². The van der Waals surface area contributed by atoms with Gasteiger partial charge in [0.15, 0.2) is 0 Å². The number of hydrogen-bond donors (Lipinski definition) is 1. The molecule has 1 fully saturated rings. The normalized spacial score (nSPS) is 16.0. The van der Waals surface area contributed by atoms with Gasteiger partial charge in [0.25, 0.3) is 0 Å². The summed E-state index contributed by atoms with van der Waals surface area (Å²) >= 11 is 0. The number of carbonyl (C=O) groups is 1. The Labute approximate surface area is 188 Å². The summed E-state index contributed by atoms with van der Waals surface area (Å²) in [4.78, 5) is 19.6. The van der Waals surface area contributed by atoms with Crippen LogP contribution in [0.1, 0.15) is 42.8 Å². The highest BCUT2D eigenvalue weighted by atomic mass is 16.5. The highest BCUT2D eigenvalue weighted by Gasteiger charge is 2.27. The standard InChI is InChI=1S/C25H30N4O3/c1-17-6-4-5-7-22(17)18(2)26-25(30)20-12-14-29(15-13-20)16-23-27-24(28-32-23)19-8-10-21(31-3)11-9-19/h4-11,18,20H,12-16H2,1-3H3,(H,26,30). The van der Waals surface area contributed by atoms with Crippen LogP contribution in [0.3, 0.4) is 0 Å². The van der Waals surface area contributed by atoms with Crippen LogP contribution in [-0.4, -0.2) is 41.1 Å². The maximum absolute atomic E-state index is 12.8. The van der Waals surface area contributed by atoms with Gasteiger partial charge in [-0.15, -0.1) is 0 Å². The molecular formula is C25H30N4O3. The molecule has 1 aliphatic rings. The number of methoxy groups -OCH3 is 1. The predicted octanol–water partition coefficient (Wildman–Crippen LogP) is 4.14. The molecule has 1 aliphatic heterocycles. The second-order valence-corrected chi connectivity index (χ2v) is 8.38. The third-order valence-corrected chi connectivity index (χ3v) is 6.15. The van der Waals surface area contributed by atoms with Gasteiger partial charge in [0.2, 0.25) is 17.6 Å². The zero-order valence-corrected chi connectivity index (χ0v) is 18.9. The van der Waals surface area contributed by atoms with Crippen molar-refractivity contribution in [3.05, 3.63) is 65.5 Å². The number of carbonyl (C=O) groups excluding carboxylic acids is 1. The Bertz CT molecular complexity index is 1040. The minimum atomic E-state index is 0.0106. The van der Waals surface area contributed by atoms with Crippen molar-refractivity contribution in [2.45, 2.75) is 39.3 Å². The molecule has 0 radical (unpaired) electrons. The fourth-order valence-electron chi connectivity index (χ4n) is 4.20. The molecule has 1 amide bonds. The van der Waals surface area contributed by atoms with Crippen molar-refractivity contribution in [2.24, 2.45) is 5.92 Å². The number of ether oxygens (including phenoxy) is 1. The summed E-state index contributed by atoms with van der Waals surface area (Å²) in [5, 5.41) is 7.30. The Balaban J connectivity index is 1.27. The van der Waals surface area contributed by atoms with E-state index < -0.39 is 0 Å². The Morgan fingerprint density at radius 1 is 1.19 bits per heavy atom. The average Bonchev–Trinajstić information content (AvgIpc) is 3.28. The molecule has 1 saturated heterocycles. The molecule has 2 aromatic carbocycles. The first-order valence-corrected chi connectivity index (χ1v) is 11.1. The van der Waals surface area contributed by atoms with E-state index in [1.54, 1.807) is 7.11 Å². The van der Waals surface area contributed by atoms with Crippen LogP contribution in [0.15, 0.2) is 53.1 Å². The third-order valence-electron chi connectivity index (χ3n) is 6.15. The van der Waals surface area contributed by atoms with Gasteiger partial charge in [0, 0.05) is 11.5 Å². The van der Waals surface area contributed by atoms with Gasteiger partial charge in [-0.3, -0.25) is 9.69 Å². The van der Waals surface area contributed by atoms with Crippen LogP contribution >= 0.6 is 0 Å². The van der Waals surface area contributed by atoms with Crippen molar-refractivity contribution in [3.63, 3.8) is 0 Å². The number of amides is 1. The molecule has 1 aromatic heterocycles. The Kier molecular flexibility index (Phi) is 6.85. The number of piperidine rings is 1. The lowest BCUT2D eigenvalue weighted by molar-refractivity contribution is -0.127. The van der Waals surface area contributed by atoms with E-state index in [0.717, 1.165) is 37.2 Å². The summed E-state index contributed by atoms with van der Waals surface area (Å²) in [6.07, 6.45) is 1.65. The predicted molar refractivity (Wildman–Crippen MR) is 122 cm³/mol. The Morgan fingerprint density at radius 3 is 2.59 bits per heavy atom. The van der Waals surface area contributed by atoms with Crippen LogP contribution in [0.25, 0.3) is 11.4 Å². The summed E-state index contributed by atoms with van der Waals surface area (Å²) in [5.41, 5.74) is 3.25. The Morgan fingerprint density at radius 2 is 1.91 bits per heavy atom. The first-order valence-electron chi connectivity index (χ1n) is 11.1. The summed E-state index contributed by atoms with van der Waals surface area (Å²) in [5.74, 6) is 2.13. The van der Waals surface area contributed by atoms with E-state index in [2.05, 4.69) is 39.4 Å². The van der Waals surface area contributed by atoms with Gasteiger partial charge >= 0.3 is 0 Å². The maximum Gasteiger partial charge on any atom is 0.241 e. The minimum absolute atomic E-state index is 0.0106. The lowest BCUT2D eigenvalue weighted by Gasteiger charge is -2.31. The van der Waals surface area contributed by atoms with E-state index >= 15 is 0 Å². The van der Waals surface area contributed by atoms with Crippen LogP contribution in [-0.2, 0) is 11.3 Å². The van der Waals surface area contributed by atoms with Crippen molar-refractivity contribution in [3.8, 4) is 17.1 Å². The molecule has 1 atom stereocenters. The average molecular weight is 435 g/mol. The zero-order chi connectivity index (χ0) is 22.5. The molecule has 7 heteroatoms. The van der Waals surface area contributed by atoms with Crippen LogP contribution < -0.4 is 10.1 Å². The number of aryl methyl sites for hydroxylation is 1. The fraction of sp³-hybridized carbons (Fsp3) is 0.400. The van der Waals surface area contributed by atoms with Crippen LogP contribution in [0.2, 0.25) is 0 Å². The number of aromatic nitrogens is 2. The summed E-state index contributed by atoms with van der Waals surface area (Å²) in [7, 11) is 1.64. The number of hydrogen-bond acceptors (Lipinski definition) is 6. The first kappa shape index (κ1) is 22.0. The van der Waals surface area contributed by atoms with Gasteiger partial charge in [-0.25, -0.2) is 0 Å². The van der Waals surface area contributed by atoms with E-state index in [-0.39, 0.29) is 17.9 Å². The maximum atomic E-state index is 12.8. The fourth-order valence-corrected chi connectivity index (χ4v) is 4.20. The summed E-state index contributed by atoms with van der Waals surface area (Å²) in [6.45, 7) is 6.38. The second-order valence-electron chi connectivity index (χ2n) is 8.38. The molecule has 2 heterocycles. The zero-order valence-electron chi connectivity index (χ0n) is 18.9. The van der Waals surface area contributed by atoms with Crippen LogP contribution in [0.4, 0.5) is 0 Å². The number of benzene rings is 2. The molecule has 0 aliphatic carbocycles. The molecule has 1 N–H and O–H groups in total. The lowest BCUT2D eigenvalue weighted by Crippen LogP contribution is -2.41. The molecule has 0 bridgehead atoms. The van der Waals surface area contributed by atoms with E-state index in [1.165, 1.54) is 11.1 Å². The monoisotopic (exact) mass is 434 g/mol. The number of likely N-dealkylation sites (tertiary alicyclic amines) is 1. The molecule has 0 saturated carbocycles. The number of rotatable bonds is 7. The highest BCUT2D eigenvalue weighted by Crippen LogP contribution is 2.23. The minimum Gasteiger partial charge on any atom is -0.497 e. The van der Waals surface area contributed by atoms with Gasteiger partial charge in [0.1, 0.15) is 5.75 Å². The summed E-state index contributed by atoms with van der Waals surface area (Å²) < 4.78 is 10.6. The topological polar surface area (TPSA) is 80.5 Å². The third kappa shape index (κ3) is 5.16. The first-order chi connectivity index (χ1) is 15.5. The van der Waals surface area contributed by atoms with Crippen molar-refractivity contribution >= 4 is 5.91 Å². The van der Waals surface area contributed by atoms with Crippen molar-refractivity contribution in [1.82, 2.24) is 20.4 Å². The molecule has 32 heavy (non-hydrogen) atoms. The van der Waals surface area contributed by atoms with Crippen molar-refractivity contribution in [1.29, 1.82) is 0 Å². The van der Waals surface area contributed by atoms with Crippen LogP contribution in [0, 0.1) is 12.8 Å². The largest absolute Gasteiger partial charge is 0.497 e. The molecule has 3 aromatic rings. The van der Waals surface area contributed by atoms with Crippen molar-refractivity contribution in [2.75, 3.05) is 20.2 Å². The molecule has 4 rings (SSSR count). The van der Waals surface area contributed by atoms with E-state index in [1.807, 2.05) is 43.3 Å². The van der Waals surface area contributed by atoms with Crippen molar-refractivity contribution < 1.29 is 14.1 Å². The van der Waals surface area contributed by atoms with Gasteiger partial charge in [-0.1, -0.05) is 29.4 Å². The van der Waals surface area contributed by atoms with Gasteiger partial charge in [-0.05, 0) is 75.2 Å². The summed E-state index contributed by atoms with van der Waals surface area (Å²) in [6, 6.07) is 15.8. The van der Waals surface area contributed by atoms with E-state index in [9.17, 15) is 4.79 Å². The molecule has 7 nitrogen and oxygen atoms in total. The Hall–Kier alpha value is -3.19. The van der Waals surface area contributed by atoms with Gasteiger partial charge < -0.3 is 14.6 Å². The smallest absolute Gasteiger partial charge is 0.241 e. The lowest BCUT2D eigenvalue weighted by atomic mass is 9.94. The van der Waals surface area contributed by atoms with Gasteiger partial charge in [-0.2, -0.15) is 4.98 Å². The molecule has 168 valence electrons. The van der Waals surface area contributed by atoms with Gasteiger partial charge in [0.05, 0.1) is 19.7 Å². The molecule has 0 spiro atoms. The molecular weight excluding hydrogens is 404 g/mol. The SMILES string of the molecule is COc1ccc(-c2noc(CN3CCC(C(=O)NC(C)c4ccccc4C)CC3)n2)cc1. The van der Waals surface area contributed by atoms with Crippen LogP contribution in [0.5, 0.6) is 5.75 Å². The molecule has 1 unspecified atom stereocenters. The quantitative estimate of drug-likeness (QED) is 0.602. The number of nitrogens with zero attached hydrogens (tertiary/aromatic N) is 3. The van der Waals surface area contributed by atoms with E-state index in [0.29, 0.717) is 18.3 Å².